The second-order valence-corrected chi connectivity index (χ2v) is 6.09. The summed E-state index contributed by atoms with van der Waals surface area (Å²) in [4.78, 5) is 2.56. The molecule has 1 fully saturated rings. The summed E-state index contributed by atoms with van der Waals surface area (Å²) in [6.45, 7) is 11.4. The van der Waals surface area contributed by atoms with Gasteiger partial charge in [-0.2, -0.15) is 0 Å². The van der Waals surface area contributed by atoms with E-state index in [4.69, 9.17) is 0 Å². The summed E-state index contributed by atoms with van der Waals surface area (Å²) in [5.41, 5.74) is -0.0883. The van der Waals surface area contributed by atoms with Gasteiger partial charge in [-0.25, -0.2) is 0 Å². The molecule has 3 heteroatoms. The molecule has 1 unspecified atom stereocenters. The largest absolute Gasteiger partial charge is 0.394 e. The van der Waals surface area contributed by atoms with Crippen LogP contribution < -0.4 is 5.32 Å². The Morgan fingerprint density at radius 2 is 2.06 bits per heavy atom. The molecule has 3 nitrogen and oxygen atoms in total. The van der Waals surface area contributed by atoms with E-state index in [2.05, 4.69) is 31.0 Å². The van der Waals surface area contributed by atoms with Crippen molar-refractivity contribution in [3.8, 4) is 0 Å². The number of aliphatic hydroxyl groups excluding tert-OH is 1. The van der Waals surface area contributed by atoms with E-state index in [1.54, 1.807) is 0 Å². The van der Waals surface area contributed by atoms with Crippen molar-refractivity contribution in [1.29, 1.82) is 0 Å². The van der Waals surface area contributed by atoms with E-state index in [1.807, 2.05) is 0 Å². The van der Waals surface area contributed by atoms with Crippen LogP contribution in [0.2, 0.25) is 0 Å². The first-order valence-electron chi connectivity index (χ1n) is 7.71. The van der Waals surface area contributed by atoms with E-state index in [9.17, 15) is 5.11 Å². The summed E-state index contributed by atoms with van der Waals surface area (Å²) < 4.78 is 0. The molecule has 18 heavy (non-hydrogen) atoms. The molecule has 0 amide bonds. The highest BCUT2D eigenvalue weighted by atomic mass is 16.3. The second-order valence-electron chi connectivity index (χ2n) is 6.09. The molecule has 0 bridgehead atoms. The fraction of sp³-hybridized carbons (Fsp3) is 1.00. The van der Waals surface area contributed by atoms with Crippen LogP contribution in [0, 0.1) is 5.92 Å². The van der Waals surface area contributed by atoms with Crippen LogP contribution in [0.4, 0.5) is 0 Å². The van der Waals surface area contributed by atoms with Gasteiger partial charge in [0.2, 0.25) is 0 Å². The van der Waals surface area contributed by atoms with Crippen LogP contribution >= 0.6 is 0 Å². The highest BCUT2D eigenvalue weighted by molar-refractivity contribution is 4.83. The van der Waals surface area contributed by atoms with Gasteiger partial charge in [-0.1, -0.05) is 13.8 Å². The normalized spacial score (nSPS) is 19.2. The fourth-order valence-electron chi connectivity index (χ4n) is 2.39. The number of hydrogen-bond donors (Lipinski definition) is 2. The molecule has 0 aromatic heterocycles. The van der Waals surface area contributed by atoms with E-state index in [1.165, 1.54) is 32.4 Å². The minimum atomic E-state index is -0.0883. The molecule has 0 saturated heterocycles. The monoisotopic (exact) mass is 256 g/mol. The highest BCUT2D eigenvalue weighted by Gasteiger charge is 2.25. The van der Waals surface area contributed by atoms with Gasteiger partial charge in [0.25, 0.3) is 0 Å². The lowest BCUT2D eigenvalue weighted by Gasteiger charge is -2.30. The van der Waals surface area contributed by atoms with Gasteiger partial charge in [0, 0.05) is 12.1 Å². The zero-order chi connectivity index (χ0) is 13.4. The third-order valence-corrected chi connectivity index (χ3v) is 4.01. The second kappa shape index (κ2) is 8.13. The number of aliphatic hydroxyl groups is 1. The number of rotatable bonds is 11. The number of nitrogens with zero attached hydrogens (tertiary/aromatic N) is 1. The Labute approximate surface area is 113 Å². The van der Waals surface area contributed by atoms with Gasteiger partial charge in [-0.05, 0) is 64.6 Å². The van der Waals surface area contributed by atoms with E-state index in [0.717, 1.165) is 31.8 Å². The van der Waals surface area contributed by atoms with Crippen LogP contribution in [0.15, 0.2) is 0 Å². The van der Waals surface area contributed by atoms with Gasteiger partial charge < -0.3 is 15.3 Å². The van der Waals surface area contributed by atoms with Gasteiger partial charge in [0.15, 0.2) is 0 Å². The molecule has 1 aliphatic carbocycles. The molecule has 1 saturated carbocycles. The van der Waals surface area contributed by atoms with E-state index >= 15 is 0 Å². The zero-order valence-corrected chi connectivity index (χ0v) is 12.5. The van der Waals surface area contributed by atoms with Crippen molar-refractivity contribution in [3.05, 3.63) is 0 Å². The molecular weight excluding hydrogens is 224 g/mol. The van der Waals surface area contributed by atoms with Crippen LogP contribution in [0.25, 0.3) is 0 Å². The van der Waals surface area contributed by atoms with Crippen molar-refractivity contribution in [2.24, 2.45) is 5.92 Å². The third kappa shape index (κ3) is 6.17. The first-order chi connectivity index (χ1) is 8.63. The standard InChI is InChI=1S/C15H32N2O/c1-4-10-16-15(3,13-18)9-6-11-17(5-2)12-14-7-8-14/h14,16,18H,4-13H2,1-3H3. The van der Waals surface area contributed by atoms with Gasteiger partial charge in [-0.3, -0.25) is 0 Å². The quantitative estimate of drug-likeness (QED) is 0.595. The van der Waals surface area contributed by atoms with Crippen LogP contribution in [-0.4, -0.2) is 48.3 Å². The van der Waals surface area contributed by atoms with Crippen LogP contribution in [0.5, 0.6) is 0 Å². The lowest BCUT2D eigenvalue weighted by molar-refractivity contribution is 0.156. The molecule has 1 aliphatic rings. The molecule has 0 radical (unpaired) electrons. The lowest BCUT2D eigenvalue weighted by atomic mass is 9.96. The average Bonchev–Trinajstić information content (AvgIpc) is 3.19. The number of nitrogens with one attached hydrogen (secondary N) is 1. The van der Waals surface area contributed by atoms with Crippen molar-refractivity contribution in [2.45, 2.75) is 58.4 Å². The predicted octanol–water partition coefficient (Wildman–Crippen LogP) is 2.25. The summed E-state index contributed by atoms with van der Waals surface area (Å²) in [5.74, 6) is 0.979. The summed E-state index contributed by atoms with van der Waals surface area (Å²) >= 11 is 0. The van der Waals surface area contributed by atoms with Crippen LogP contribution in [0.3, 0.4) is 0 Å². The maximum Gasteiger partial charge on any atom is 0.0610 e. The lowest BCUT2D eigenvalue weighted by Crippen LogP contribution is -2.46. The minimum Gasteiger partial charge on any atom is -0.394 e. The Hall–Kier alpha value is -0.120. The third-order valence-electron chi connectivity index (χ3n) is 4.01. The molecule has 0 aromatic rings. The first-order valence-corrected chi connectivity index (χ1v) is 7.71. The predicted molar refractivity (Wildman–Crippen MR) is 77.9 cm³/mol. The maximum atomic E-state index is 9.51. The molecule has 2 N–H and O–H groups in total. The molecule has 0 spiro atoms. The average molecular weight is 256 g/mol. The Kier molecular flexibility index (Phi) is 7.20. The van der Waals surface area contributed by atoms with Crippen molar-refractivity contribution in [1.82, 2.24) is 10.2 Å². The van der Waals surface area contributed by atoms with Gasteiger partial charge in [-0.15, -0.1) is 0 Å². The molecule has 1 rings (SSSR count). The summed E-state index contributed by atoms with van der Waals surface area (Å²) in [5, 5.41) is 13.0. The van der Waals surface area contributed by atoms with E-state index in [0.29, 0.717) is 0 Å². The summed E-state index contributed by atoms with van der Waals surface area (Å²) in [7, 11) is 0. The highest BCUT2D eigenvalue weighted by Crippen LogP contribution is 2.29. The smallest absolute Gasteiger partial charge is 0.0610 e. The van der Waals surface area contributed by atoms with Gasteiger partial charge in [0.1, 0.15) is 0 Å². The van der Waals surface area contributed by atoms with Gasteiger partial charge >= 0.3 is 0 Å². The van der Waals surface area contributed by atoms with Crippen molar-refractivity contribution < 1.29 is 5.11 Å². The Balaban J connectivity index is 2.19. The summed E-state index contributed by atoms with van der Waals surface area (Å²) in [6, 6.07) is 0. The SMILES string of the molecule is CCCNC(C)(CO)CCCN(CC)CC1CC1. The fourth-order valence-corrected chi connectivity index (χ4v) is 2.39. The zero-order valence-electron chi connectivity index (χ0n) is 12.5. The van der Waals surface area contributed by atoms with Crippen LogP contribution in [-0.2, 0) is 0 Å². The number of hydrogen-bond acceptors (Lipinski definition) is 3. The van der Waals surface area contributed by atoms with E-state index < -0.39 is 0 Å². The topological polar surface area (TPSA) is 35.5 Å². The van der Waals surface area contributed by atoms with Crippen LogP contribution in [0.1, 0.15) is 52.9 Å². The first kappa shape index (κ1) is 15.9. The minimum absolute atomic E-state index is 0.0883. The summed E-state index contributed by atoms with van der Waals surface area (Å²) in [6.07, 6.45) is 6.23. The Morgan fingerprint density at radius 1 is 1.33 bits per heavy atom. The molecule has 0 aliphatic heterocycles. The molecule has 0 heterocycles. The molecule has 108 valence electrons. The van der Waals surface area contributed by atoms with Crippen molar-refractivity contribution in [2.75, 3.05) is 32.8 Å². The molecule has 0 aromatic carbocycles. The Morgan fingerprint density at radius 3 is 2.56 bits per heavy atom. The van der Waals surface area contributed by atoms with E-state index in [-0.39, 0.29) is 12.1 Å². The molecule has 1 atom stereocenters. The Bertz CT molecular complexity index is 219. The van der Waals surface area contributed by atoms with Gasteiger partial charge in [0.05, 0.1) is 6.61 Å². The maximum absolute atomic E-state index is 9.51. The van der Waals surface area contributed by atoms with Crippen molar-refractivity contribution in [3.63, 3.8) is 0 Å². The van der Waals surface area contributed by atoms with Crippen molar-refractivity contribution >= 4 is 0 Å². The molecular formula is C15H32N2O.